The molecule has 84 valence electrons. The van der Waals surface area contributed by atoms with Crippen LogP contribution in [-0.2, 0) is 55.1 Å². The van der Waals surface area contributed by atoms with Crippen LogP contribution in [0.1, 0.15) is 0 Å². The molecule has 0 saturated heterocycles. The molecule has 4 N–H and O–H groups in total. The predicted molar refractivity (Wildman–Crippen MR) is 31.6 cm³/mol. The molecule has 0 bridgehead atoms. The van der Waals surface area contributed by atoms with Crippen molar-refractivity contribution in [3.8, 4) is 25.0 Å². The molecular weight excluding hydrogens is 383 g/mol. The zero-order valence-electron chi connectivity index (χ0n) is 7.39. The van der Waals surface area contributed by atoms with E-state index in [0.29, 0.717) is 49.4 Å². The van der Waals surface area contributed by atoms with Gasteiger partial charge in [-0.15, -0.1) is 0 Å². The first-order valence-corrected chi connectivity index (χ1v) is 4.20. The molecule has 0 aromatic rings. The molecule has 16 heavy (non-hydrogen) atoms. The first-order chi connectivity index (χ1) is 7.66. The molecule has 12 heteroatoms. The average Bonchev–Trinajstić information content (AvgIpc) is 2.27. The number of nitriles is 4. The standard InChI is InChI=1S/4CHNO.2O.2Zr/c4*2-1-3;;;;/h4*3H;;;;. The molecule has 0 atom stereocenters. The van der Waals surface area contributed by atoms with Crippen molar-refractivity contribution in [2.24, 2.45) is 0 Å². The molecule has 0 radical (unpaired) electrons. The van der Waals surface area contributed by atoms with Crippen LogP contribution in [0.15, 0.2) is 0 Å². The summed E-state index contributed by atoms with van der Waals surface area (Å²) in [6.45, 7) is 0. The van der Waals surface area contributed by atoms with Crippen LogP contribution >= 0.6 is 0 Å². The molecule has 0 aliphatic carbocycles. The minimum absolute atomic E-state index is 0.300. The van der Waals surface area contributed by atoms with E-state index in [1.807, 2.05) is 0 Å². The summed E-state index contributed by atoms with van der Waals surface area (Å²) in [7, 11) is 0. The Morgan fingerprint density at radius 3 is 0.562 bits per heavy atom. The normalized spacial score (nSPS) is 2.12. The number of rotatable bonds is 0. The predicted octanol–water partition coefficient (Wildman–Crippen LogP) is -0.883. The van der Waals surface area contributed by atoms with Gasteiger partial charge in [0.1, 0.15) is 0 Å². The number of hydrogen-bond donors (Lipinski definition) is 4. The number of nitrogens with zero attached hydrogens (tertiary/aromatic N) is 4. The van der Waals surface area contributed by atoms with Gasteiger partial charge in [-0.05, 0) is 0 Å². The Kier molecular flexibility index (Phi) is 760. The fourth-order valence-corrected chi connectivity index (χ4v) is 0. The molecule has 0 heterocycles. The Balaban J connectivity index is -0.0000000190. The number of aliphatic hydroxyl groups is 4. The molecule has 0 aliphatic heterocycles. The van der Waals surface area contributed by atoms with Crippen molar-refractivity contribution in [1.82, 2.24) is 0 Å². The van der Waals surface area contributed by atoms with Gasteiger partial charge in [-0.3, -0.25) is 0 Å². The van der Waals surface area contributed by atoms with Crippen LogP contribution in [0, 0.1) is 46.1 Å². The SMILES string of the molecule is N#CO.N#CO.N#CO.N#CO.[O]=[Zr].[O]=[Zr]. The van der Waals surface area contributed by atoms with E-state index in [-0.39, 0.29) is 0 Å². The first kappa shape index (κ1) is 36.6. The van der Waals surface area contributed by atoms with Crippen LogP contribution in [0.4, 0.5) is 0 Å². The third-order valence-electron chi connectivity index (χ3n) is 0. The van der Waals surface area contributed by atoms with Gasteiger partial charge in [0.05, 0.1) is 0 Å². The molecule has 0 aliphatic rings. The Hall–Kier alpha value is -1.47. The molecule has 0 saturated carbocycles. The molecule has 0 unspecified atom stereocenters. The van der Waals surface area contributed by atoms with E-state index in [1.165, 1.54) is 0 Å². The average molecular weight is 387 g/mol. The summed E-state index contributed by atoms with van der Waals surface area (Å²) in [6, 6.07) is 0. The van der Waals surface area contributed by atoms with Crippen molar-refractivity contribution >= 4 is 0 Å². The summed E-state index contributed by atoms with van der Waals surface area (Å²) in [5.74, 6) is 0. The molecular formula is C4H4N4O6Zr2. The first-order valence-electron chi connectivity index (χ1n) is 2.20. The van der Waals surface area contributed by atoms with Gasteiger partial charge in [0.15, 0.2) is 0 Å². The molecule has 0 aromatic heterocycles. The van der Waals surface area contributed by atoms with Crippen molar-refractivity contribution in [3.05, 3.63) is 0 Å². The topological polar surface area (TPSA) is 210 Å². The van der Waals surface area contributed by atoms with Crippen LogP contribution in [0.25, 0.3) is 0 Å². The van der Waals surface area contributed by atoms with Crippen LogP contribution < -0.4 is 0 Å². The van der Waals surface area contributed by atoms with E-state index in [4.69, 9.17) is 47.1 Å². The molecule has 0 amide bonds. The fraction of sp³-hybridized carbons (Fsp3) is 0. The van der Waals surface area contributed by atoms with Crippen molar-refractivity contribution in [3.63, 3.8) is 0 Å². The summed E-state index contributed by atoms with van der Waals surface area (Å²) in [5, 5.41) is 55.0. The Morgan fingerprint density at radius 1 is 0.562 bits per heavy atom. The maximum absolute atomic E-state index is 8.34. The van der Waals surface area contributed by atoms with Crippen molar-refractivity contribution < 1.29 is 75.5 Å². The van der Waals surface area contributed by atoms with Crippen molar-refractivity contribution in [2.75, 3.05) is 0 Å². The number of hydrogen-bond acceptors (Lipinski definition) is 10. The second-order valence-electron chi connectivity index (χ2n) is 0.400. The summed E-state index contributed by atoms with van der Waals surface area (Å²) < 4.78 is 16.7. The monoisotopic (exact) mass is 384 g/mol. The van der Waals surface area contributed by atoms with Gasteiger partial charge >= 0.3 is 55.1 Å². The summed E-state index contributed by atoms with van der Waals surface area (Å²) in [4.78, 5) is 0. The Bertz CT molecular complexity index is 187. The van der Waals surface area contributed by atoms with Gasteiger partial charge in [-0.25, -0.2) is 0 Å². The molecule has 0 fully saturated rings. The molecule has 0 aromatic carbocycles. The summed E-state index contributed by atoms with van der Waals surface area (Å²) in [5.41, 5.74) is 0. The fourth-order valence-electron chi connectivity index (χ4n) is 0. The van der Waals surface area contributed by atoms with Crippen LogP contribution in [-0.4, -0.2) is 20.4 Å². The van der Waals surface area contributed by atoms with Gasteiger partial charge < -0.3 is 20.4 Å². The minimum atomic E-state index is 0.300. The summed E-state index contributed by atoms with van der Waals surface area (Å²) >= 11 is 0.600. The second-order valence-corrected chi connectivity index (χ2v) is 0.400. The van der Waals surface area contributed by atoms with E-state index in [9.17, 15) is 0 Å². The third kappa shape index (κ3) is 766. The molecule has 0 rings (SSSR count). The quantitative estimate of drug-likeness (QED) is 0.377. The molecule has 10 nitrogen and oxygen atoms in total. The Morgan fingerprint density at radius 2 is 0.562 bits per heavy atom. The van der Waals surface area contributed by atoms with Gasteiger partial charge in [0.2, 0.25) is 0 Å². The van der Waals surface area contributed by atoms with E-state index < -0.39 is 0 Å². The van der Waals surface area contributed by atoms with Crippen molar-refractivity contribution in [2.45, 2.75) is 0 Å². The van der Waals surface area contributed by atoms with Crippen LogP contribution in [0.5, 0.6) is 0 Å². The maximum atomic E-state index is 8.34. The van der Waals surface area contributed by atoms with E-state index in [2.05, 4.69) is 0 Å². The van der Waals surface area contributed by atoms with E-state index in [0.717, 1.165) is 25.0 Å². The third-order valence-corrected chi connectivity index (χ3v) is 0. The second kappa shape index (κ2) is 333. The van der Waals surface area contributed by atoms with E-state index in [1.54, 1.807) is 0 Å². The summed E-state index contributed by atoms with van der Waals surface area (Å²) in [6.07, 6.45) is 3.00. The van der Waals surface area contributed by atoms with Crippen LogP contribution in [0.3, 0.4) is 0 Å². The molecule has 0 spiro atoms. The zero-order chi connectivity index (χ0) is 14.8. The van der Waals surface area contributed by atoms with Gasteiger partial charge in [-0.1, -0.05) is 0 Å². The van der Waals surface area contributed by atoms with Gasteiger partial charge in [0.25, 0.3) is 25.0 Å². The van der Waals surface area contributed by atoms with Crippen LogP contribution in [0.2, 0.25) is 0 Å². The zero-order valence-corrected chi connectivity index (χ0v) is 12.3. The van der Waals surface area contributed by atoms with Crippen molar-refractivity contribution in [1.29, 1.82) is 21.0 Å². The Labute approximate surface area is 121 Å². The van der Waals surface area contributed by atoms with Gasteiger partial charge in [0, 0.05) is 0 Å². The number of aliphatic hydroxyl groups excluding tert-OH is 4. The van der Waals surface area contributed by atoms with E-state index >= 15 is 0 Å². The van der Waals surface area contributed by atoms with Gasteiger partial charge in [-0.2, -0.15) is 21.0 Å².